The van der Waals surface area contributed by atoms with Crippen LogP contribution in [0.1, 0.15) is 11.1 Å². The molecule has 1 aliphatic carbocycles. The van der Waals surface area contributed by atoms with Crippen molar-refractivity contribution in [1.29, 1.82) is 0 Å². The lowest BCUT2D eigenvalue weighted by molar-refractivity contribution is -0.266. The van der Waals surface area contributed by atoms with Crippen molar-refractivity contribution in [3.8, 4) is 0 Å². The fourth-order valence-electron chi connectivity index (χ4n) is 3.81. The highest BCUT2D eigenvalue weighted by molar-refractivity contribution is 5.15. The molecule has 3 rings (SSSR count). The van der Waals surface area contributed by atoms with Gasteiger partial charge in [-0.2, -0.15) is 0 Å². The fourth-order valence-corrected chi connectivity index (χ4v) is 3.81. The van der Waals surface area contributed by atoms with Gasteiger partial charge < -0.3 is 29.2 Å². The monoisotopic (exact) mass is 440 g/mol. The summed E-state index contributed by atoms with van der Waals surface area (Å²) in [6.07, 6.45) is -2.28. The molecule has 2 N–H and O–H groups in total. The van der Waals surface area contributed by atoms with Crippen molar-refractivity contribution in [1.82, 2.24) is 0 Å². The Kier molecular flexibility index (Phi) is 9.62. The molecule has 0 spiro atoms. The summed E-state index contributed by atoms with van der Waals surface area (Å²) in [5, 5.41) is 21.7. The Hall–Kier alpha value is -2.32. The van der Waals surface area contributed by atoms with E-state index >= 15 is 0 Å². The molecule has 0 radical (unpaired) electrons. The number of aliphatic hydroxyl groups is 2. The first kappa shape index (κ1) is 24.3. The van der Waals surface area contributed by atoms with Gasteiger partial charge >= 0.3 is 0 Å². The van der Waals surface area contributed by atoms with Crippen LogP contribution in [0.4, 0.5) is 0 Å². The number of benzene rings is 2. The summed E-state index contributed by atoms with van der Waals surface area (Å²) >= 11 is 0. The first-order chi connectivity index (χ1) is 15.7. The summed E-state index contributed by atoms with van der Waals surface area (Å²) < 4.78 is 24.2. The average Bonchev–Trinajstić information content (AvgIpc) is 2.83. The van der Waals surface area contributed by atoms with E-state index < -0.39 is 36.6 Å². The van der Waals surface area contributed by atoms with Crippen molar-refractivity contribution in [2.24, 2.45) is 0 Å². The van der Waals surface area contributed by atoms with Crippen molar-refractivity contribution in [3.05, 3.63) is 97.1 Å². The molecule has 6 heteroatoms. The number of ether oxygens (including phenoxy) is 4. The van der Waals surface area contributed by atoms with Gasteiger partial charge in [0.25, 0.3) is 0 Å². The van der Waals surface area contributed by atoms with Crippen LogP contribution in [0.25, 0.3) is 0 Å². The van der Waals surface area contributed by atoms with Gasteiger partial charge in [0.2, 0.25) is 0 Å². The lowest BCUT2D eigenvalue weighted by Gasteiger charge is -2.46. The molecule has 0 amide bonds. The largest absolute Gasteiger partial charge is 0.387 e. The second-order valence-corrected chi connectivity index (χ2v) is 7.68. The predicted octanol–water partition coefficient (Wildman–Crippen LogP) is 3.04. The van der Waals surface area contributed by atoms with Crippen molar-refractivity contribution >= 4 is 0 Å². The van der Waals surface area contributed by atoms with Crippen LogP contribution in [0.2, 0.25) is 0 Å². The highest BCUT2D eigenvalue weighted by Gasteiger charge is 2.52. The second kappa shape index (κ2) is 12.6. The van der Waals surface area contributed by atoms with Gasteiger partial charge in [-0.1, -0.05) is 72.8 Å². The molecule has 0 bridgehead atoms. The fraction of sp³-hybridized carbons (Fsp3) is 0.385. The van der Waals surface area contributed by atoms with E-state index in [-0.39, 0.29) is 13.2 Å². The van der Waals surface area contributed by atoms with Crippen LogP contribution in [-0.2, 0) is 32.2 Å². The van der Waals surface area contributed by atoms with Gasteiger partial charge in [-0.15, -0.1) is 13.2 Å². The molecule has 1 saturated carbocycles. The van der Waals surface area contributed by atoms with Crippen LogP contribution in [0.3, 0.4) is 0 Å². The molecule has 0 aliphatic heterocycles. The molecular weight excluding hydrogens is 408 g/mol. The van der Waals surface area contributed by atoms with E-state index in [4.69, 9.17) is 18.9 Å². The third kappa shape index (κ3) is 6.36. The summed E-state index contributed by atoms with van der Waals surface area (Å²) in [6, 6.07) is 19.4. The minimum Gasteiger partial charge on any atom is -0.387 e. The Morgan fingerprint density at radius 2 is 0.969 bits per heavy atom. The number of hydrogen-bond acceptors (Lipinski definition) is 6. The average molecular weight is 441 g/mol. The molecule has 0 unspecified atom stereocenters. The van der Waals surface area contributed by atoms with E-state index in [1.165, 1.54) is 0 Å². The molecule has 1 aliphatic rings. The van der Waals surface area contributed by atoms with Crippen LogP contribution in [0, 0.1) is 0 Å². The highest BCUT2D eigenvalue weighted by Crippen LogP contribution is 2.31. The molecule has 2 aromatic rings. The third-order valence-corrected chi connectivity index (χ3v) is 5.38. The second-order valence-electron chi connectivity index (χ2n) is 7.68. The van der Waals surface area contributed by atoms with Crippen molar-refractivity contribution < 1.29 is 29.2 Å². The van der Waals surface area contributed by atoms with Crippen molar-refractivity contribution in [3.63, 3.8) is 0 Å². The van der Waals surface area contributed by atoms with Crippen LogP contribution >= 0.6 is 0 Å². The normalized spacial score (nSPS) is 27.7. The third-order valence-electron chi connectivity index (χ3n) is 5.38. The molecule has 1 fully saturated rings. The Bertz CT molecular complexity index is 742. The van der Waals surface area contributed by atoms with E-state index in [0.717, 1.165) is 11.1 Å². The molecule has 6 atom stereocenters. The summed E-state index contributed by atoms with van der Waals surface area (Å²) in [6.45, 7) is 8.34. The van der Waals surface area contributed by atoms with E-state index in [0.29, 0.717) is 13.2 Å². The maximum atomic E-state index is 10.9. The van der Waals surface area contributed by atoms with E-state index in [1.54, 1.807) is 12.2 Å². The first-order valence-electron chi connectivity index (χ1n) is 10.8. The van der Waals surface area contributed by atoms with E-state index in [2.05, 4.69) is 13.2 Å². The lowest BCUT2D eigenvalue weighted by Crippen LogP contribution is -2.66. The van der Waals surface area contributed by atoms with Gasteiger partial charge in [0.05, 0.1) is 26.4 Å². The van der Waals surface area contributed by atoms with Gasteiger partial charge in [0, 0.05) is 0 Å². The van der Waals surface area contributed by atoms with Gasteiger partial charge in [-0.05, 0) is 11.1 Å². The maximum Gasteiger partial charge on any atom is 0.116 e. The molecule has 0 heterocycles. The van der Waals surface area contributed by atoms with E-state index in [1.807, 2.05) is 60.7 Å². The Morgan fingerprint density at radius 3 is 1.31 bits per heavy atom. The minimum atomic E-state index is -1.22. The van der Waals surface area contributed by atoms with Crippen LogP contribution in [0.15, 0.2) is 86.0 Å². The van der Waals surface area contributed by atoms with Gasteiger partial charge in [-0.3, -0.25) is 0 Å². The quantitative estimate of drug-likeness (QED) is 0.494. The standard InChI is InChI=1S/C26H32O6/c1-3-15-29-23-21(27)22(28)24(30-16-4-2)26(32-18-20-13-9-6-10-14-20)25(23)31-17-19-11-7-5-8-12-19/h3-14,21-28H,1-2,15-18H2/t21-,22-,23-,24+,25-,26+/m0/s1. The molecule has 172 valence electrons. The number of rotatable bonds is 12. The molecule has 32 heavy (non-hydrogen) atoms. The zero-order chi connectivity index (χ0) is 22.8. The number of aliphatic hydroxyl groups excluding tert-OH is 2. The van der Waals surface area contributed by atoms with Crippen LogP contribution in [0.5, 0.6) is 0 Å². The van der Waals surface area contributed by atoms with Crippen molar-refractivity contribution in [2.75, 3.05) is 13.2 Å². The summed E-state index contributed by atoms with van der Waals surface area (Å²) in [7, 11) is 0. The van der Waals surface area contributed by atoms with Gasteiger partial charge in [0.15, 0.2) is 0 Å². The Balaban J connectivity index is 1.86. The lowest BCUT2D eigenvalue weighted by atomic mass is 9.84. The molecule has 6 nitrogen and oxygen atoms in total. The zero-order valence-electron chi connectivity index (χ0n) is 18.2. The van der Waals surface area contributed by atoms with Gasteiger partial charge in [0.1, 0.15) is 36.6 Å². The summed E-state index contributed by atoms with van der Waals surface area (Å²) in [5.74, 6) is 0. The molecule has 0 aromatic heterocycles. The SMILES string of the molecule is C=CCO[C@@H]1[C@@H](O)[C@H](O)[C@H](OCC=C)[C@H](OCc2ccccc2)[C@@H]1OCc1ccccc1. The molecule has 2 aromatic carbocycles. The molecule has 0 saturated heterocycles. The maximum absolute atomic E-state index is 10.9. The van der Waals surface area contributed by atoms with Crippen molar-refractivity contribution in [2.45, 2.75) is 49.8 Å². The molecular formula is C26H32O6. The summed E-state index contributed by atoms with van der Waals surface area (Å²) in [4.78, 5) is 0. The summed E-state index contributed by atoms with van der Waals surface area (Å²) in [5.41, 5.74) is 1.95. The predicted molar refractivity (Wildman–Crippen MR) is 122 cm³/mol. The first-order valence-corrected chi connectivity index (χ1v) is 10.8. The zero-order valence-corrected chi connectivity index (χ0v) is 18.2. The Labute approximate surface area is 189 Å². The van der Waals surface area contributed by atoms with Crippen LogP contribution < -0.4 is 0 Å². The van der Waals surface area contributed by atoms with Crippen LogP contribution in [-0.4, -0.2) is 60.1 Å². The topological polar surface area (TPSA) is 77.4 Å². The minimum absolute atomic E-state index is 0.198. The van der Waals surface area contributed by atoms with Gasteiger partial charge in [-0.25, -0.2) is 0 Å². The highest BCUT2D eigenvalue weighted by atomic mass is 16.6. The smallest absolute Gasteiger partial charge is 0.116 e. The number of hydrogen-bond donors (Lipinski definition) is 2. The van der Waals surface area contributed by atoms with E-state index in [9.17, 15) is 10.2 Å². The Morgan fingerprint density at radius 1 is 0.594 bits per heavy atom.